The van der Waals surface area contributed by atoms with Crippen molar-refractivity contribution in [1.29, 1.82) is 0 Å². The van der Waals surface area contributed by atoms with Gasteiger partial charge in [0, 0.05) is 10.9 Å². The maximum absolute atomic E-state index is 12.4. The average molecular weight is 476 g/mol. The molecule has 0 heterocycles. The first-order chi connectivity index (χ1) is 13.1. The number of benzene rings is 1. The van der Waals surface area contributed by atoms with Crippen molar-refractivity contribution in [2.24, 2.45) is 5.92 Å². The lowest BCUT2D eigenvalue weighted by Gasteiger charge is -2.18. The predicted octanol–water partition coefficient (Wildman–Crippen LogP) is 2.35. The zero-order valence-corrected chi connectivity index (χ0v) is 18.1. The average Bonchev–Trinajstić information content (AvgIpc) is 2.65. The highest BCUT2D eigenvalue weighted by atomic mass is 79.9. The Morgan fingerprint density at radius 3 is 2.11 bits per heavy atom. The van der Waals surface area contributed by atoms with Crippen molar-refractivity contribution in [1.82, 2.24) is 4.47 Å². The molecule has 0 saturated carbocycles. The first-order valence-electron chi connectivity index (χ1n) is 8.45. The third-order valence-corrected chi connectivity index (χ3v) is 5.65. The number of halogens is 1. The molecule has 1 atom stereocenters. The minimum Gasteiger partial charge on any atom is -0.465 e. The monoisotopic (exact) mass is 475 g/mol. The van der Waals surface area contributed by atoms with Crippen LogP contribution < -0.4 is 0 Å². The summed E-state index contributed by atoms with van der Waals surface area (Å²) in [5.74, 6) is 2.28. The van der Waals surface area contributed by atoms with Gasteiger partial charge in [-0.2, -0.15) is 0 Å². The van der Waals surface area contributed by atoms with Gasteiger partial charge in [-0.05, 0) is 45.0 Å². The van der Waals surface area contributed by atoms with Crippen LogP contribution in [0.2, 0.25) is 0 Å². The van der Waals surface area contributed by atoms with Crippen molar-refractivity contribution in [3.05, 3.63) is 28.7 Å². The van der Waals surface area contributed by atoms with Crippen LogP contribution >= 0.6 is 15.9 Å². The quantitative estimate of drug-likeness (QED) is 0.266. The minimum atomic E-state index is -4.17. The number of hydrogen-bond donors (Lipinski definition) is 1. The molecule has 8 nitrogen and oxygen atoms in total. The summed E-state index contributed by atoms with van der Waals surface area (Å²) in [6, 6.07) is 4.61. The third kappa shape index (κ3) is 6.60. The highest BCUT2D eigenvalue weighted by molar-refractivity contribution is 9.10. The van der Waals surface area contributed by atoms with Crippen molar-refractivity contribution >= 4 is 37.9 Å². The molecule has 1 aromatic rings. The Labute approximate surface area is 172 Å². The summed E-state index contributed by atoms with van der Waals surface area (Å²) in [6.07, 6.45) is -0.228. The molecule has 0 fully saturated rings. The van der Waals surface area contributed by atoms with Crippen LogP contribution in [0.3, 0.4) is 0 Å². The van der Waals surface area contributed by atoms with Gasteiger partial charge in [-0.15, -0.1) is 5.92 Å². The van der Waals surface area contributed by atoms with E-state index in [1.54, 1.807) is 13.8 Å². The second-order valence-electron chi connectivity index (χ2n) is 5.49. The number of nitrogens with zero attached hydrogens (tertiary/aromatic N) is 1. The van der Waals surface area contributed by atoms with Gasteiger partial charge in [0.1, 0.15) is 6.04 Å². The van der Waals surface area contributed by atoms with Crippen molar-refractivity contribution in [3.63, 3.8) is 0 Å². The van der Waals surface area contributed by atoms with E-state index in [1.165, 1.54) is 31.2 Å². The zero-order valence-electron chi connectivity index (χ0n) is 15.7. The topological polar surface area (TPSA) is 110 Å². The first kappa shape index (κ1) is 24.1. The number of hydroxylamine groups is 1. The van der Waals surface area contributed by atoms with Crippen LogP contribution in [-0.2, 0) is 29.1 Å². The van der Waals surface area contributed by atoms with Gasteiger partial charge in [0.2, 0.25) is 0 Å². The van der Waals surface area contributed by atoms with Crippen molar-refractivity contribution in [3.8, 4) is 11.8 Å². The van der Waals surface area contributed by atoms with Gasteiger partial charge in [-0.25, -0.2) is 8.42 Å². The predicted molar refractivity (Wildman–Crippen MR) is 104 cm³/mol. The molecule has 0 aliphatic carbocycles. The van der Waals surface area contributed by atoms with E-state index in [1.807, 2.05) is 0 Å². The molecule has 1 aromatic carbocycles. The van der Waals surface area contributed by atoms with Crippen LogP contribution in [-0.4, -0.2) is 49.3 Å². The molecule has 1 N–H and O–H groups in total. The molecule has 154 valence electrons. The van der Waals surface area contributed by atoms with Gasteiger partial charge >= 0.3 is 11.9 Å². The van der Waals surface area contributed by atoms with Crippen LogP contribution in [0, 0.1) is 17.8 Å². The van der Waals surface area contributed by atoms with Gasteiger partial charge in [0.15, 0.2) is 5.92 Å². The Morgan fingerprint density at radius 2 is 1.64 bits per heavy atom. The highest BCUT2D eigenvalue weighted by Gasteiger charge is 2.29. The van der Waals surface area contributed by atoms with Gasteiger partial charge < -0.3 is 9.47 Å². The lowest BCUT2D eigenvalue weighted by molar-refractivity contribution is -0.161. The molecule has 0 radical (unpaired) electrons. The Kier molecular flexibility index (Phi) is 9.61. The lowest BCUT2D eigenvalue weighted by Crippen LogP contribution is -2.35. The molecule has 10 heteroatoms. The Morgan fingerprint density at radius 1 is 1.14 bits per heavy atom. The lowest BCUT2D eigenvalue weighted by atomic mass is 10.1. The maximum Gasteiger partial charge on any atom is 0.321 e. The number of rotatable bonds is 8. The number of esters is 2. The Hall–Kier alpha value is -1.93. The Bertz CT molecular complexity index is 825. The van der Waals surface area contributed by atoms with Gasteiger partial charge in [0.25, 0.3) is 10.0 Å². The molecule has 0 saturated heterocycles. The molecular weight excluding hydrogens is 454 g/mol. The molecule has 0 aliphatic rings. The summed E-state index contributed by atoms with van der Waals surface area (Å²) in [7, 11) is -4.17. The van der Waals surface area contributed by atoms with Gasteiger partial charge in [-0.1, -0.05) is 26.3 Å². The third-order valence-electron chi connectivity index (χ3n) is 3.45. The smallest absolute Gasteiger partial charge is 0.321 e. The van der Waals surface area contributed by atoms with E-state index in [2.05, 4.69) is 27.8 Å². The molecule has 0 bridgehead atoms. The zero-order chi connectivity index (χ0) is 21.3. The van der Waals surface area contributed by atoms with E-state index in [4.69, 9.17) is 9.47 Å². The van der Waals surface area contributed by atoms with Crippen LogP contribution in [0.25, 0.3) is 0 Å². The molecule has 0 aliphatic heterocycles. The normalized spacial score (nSPS) is 12.2. The van der Waals surface area contributed by atoms with Crippen molar-refractivity contribution < 1.29 is 32.7 Å². The van der Waals surface area contributed by atoms with E-state index in [0.29, 0.717) is 4.47 Å². The Balaban J connectivity index is 2.91. The van der Waals surface area contributed by atoms with E-state index < -0.39 is 33.9 Å². The molecule has 0 spiro atoms. The van der Waals surface area contributed by atoms with Crippen molar-refractivity contribution in [2.45, 2.75) is 38.1 Å². The number of hydrogen-bond acceptors (Lipinski definition) is 7. The summed E-state index contributed by atoms with van der Waals surface area (Å²) in [4.78, 5) is 23.7. The molecule has 1 rings (SSSR count). The van der Waals surface area contributed by atoms with Crippen LogP contribution in [0.5, 0.6) is 0 Å². The van der Waals surface area contributed by atoms with Crippen LogP contribution in [0.15, 0.2) is 33.6 Å². The first-order valence-corrected chi connectivity index (χ1v) is 10.7. The van der Waals surface area contributed by atoms with Gasteiger partial charge in [-0.3, -0.25) is 14.8 Å². The molecular formula is C18H22BrNO7S. The fourth-order valence-corrected chi connectivity index (χ4v) is 3.46. The number of ether oxygens (including phenoxy) is 2. The number of sulfonamides is 1. The summed E-state index contributed by atoms with van der Waals surface area (Å²) in [5.41, 5.74) is 0. The largest absolute Gasteiger partial charge is 0.465 e. The number of carbonyl (C=O) groups excluding carboxylic acids is 2. The van der Waals surface area contributed by atoms with E-state index in [9.17, 15) is 23.2 Å². The van der Waals surface area contributed by atoms with E-state index >= 15 is 0 Å². The fraction of sp³-hybridized carbons (Fsp3) is 0.444. The number of carbonyl (C=O) groups is 2. The molecule has 1 unspecified atom stereocenters. The minimum absolute atomic E-state index is 0.0917. The standard InChI is InChI=1S/C18H22BrNO7S/c1-4-26-17(21)16(18(22)27-5-2)8-6-7-13(3)20(23)28(24,25)15-11-9-14(19)10-12-15/h9-13,16,23H,4-5,8H2,1-3H3. The van der Waals surface area contributed by atoms with Gasteiger partial charge in [0.05, 0.1) is 18.1 Å². The summed E-state index contributed by atoms with van der Waals surface area (Å²) >= 11 is 3.20. The van der Waals surface area contributed by atoms with Crippen LogP contribution in [0.4, 0.5) is 0 Å². The second kappa shape index (κ2) is 11.2. The maximum atomic E-state index is 12.4. The summed E-state index contributed by atoms with van der Waals surface area (Å²) in [6.45, 7) is 4.75. The molecule has 0 amide bonds. The molecule has 28 heavy (non-hydrogen) atoms. The second-order valence-corrected chi connectivity index (χ2v) is 8.20. The van der Waals surface area contributed by atoms with E-state index in [-0.39, 0.29) is 29.0 Å². The fourth-order valence-electron chi connectivity index (χ4n) is 2.04. The highest BCUT2D eigenvalue weighted by Crippen LogP contribution is 2.19. The van der Waals surface area contributed by atoms with Crippen molar-refractivity contribution in [2.75, 3.05) is 13.2 Å². The summed E-state index contributed by atoms with van der Waals surface area (Å²) < 4.78 is 35.3. The molecule has 0 aromatic heterocycles. The SMILES string of the molecule is CCOC(=O)C(CC#CC(C)N(O)S(=O)(=O)c1ccc(Br)cc1)C(=O)OCC. The van der Waals surface area contributed by atoms with E-state index in [0.717, 1.165) is 0 Å². The summed E-state index contributed by atoms with van der Waals surface area (Å²) in [5, 5.41) is 10.1. The van der Waals surface area contributed by atoms with Crippen LogP contribution in [0.1, 0.15) is 27.2 Å².